The molecule has 0 aliphatic carbocycles. The van der Waals surface area contributed by atoms with Crippen LogP contribution in [0.4, 0.5) is 0 Å². The van der Waals surface area contributed by atoms with Crippen LogP contribution >= 0.6 is 0 Å². The largest absolute Gasteiger partial charge is 0.348 e. The molecule has 2 aliphatic rings. The Balaban J connectivity index is 1.55. The van der Waals surface area contributed by atoms with Gasteiger partial charge in [0.05, 0.1) is 17.6 Å². The Morgan fingerprint density at radius 1 is 1.17 bits per heavy atom. The molecule has 2 aliphatic heterocycles. The summed E-state index contributed by atoms with van der Waals surface area (Å²) in [6.07, 6.45) is 5.09. The van der Waals surface area contributed by atoms with E-state index in [2.05, 4.69) is 27.4 Å². The molecule has 1 spiro atoms. The van der Waals surface area contributed by atoms with Gasteiger partial charge in [-0.05, 0) is 18.4 Å². The molecular formula is C18H22N4O. The normalized spacial score (nSPS) is 24.5. The first-order valence-electron chi connectivity index (χ1n) is 8.36. The van der Waals surface area contributed by atoms with Crippen LogP contribution in [0, 0.1) is 0 Å². The van der Waals surface area contributed by atoms with Crippen molar-refractivity contribution in [3.63, 3.8) is 0 Å². The van der Waals surface area contributed by atoms with Gasteiger partial charge in [-0.15, -0.1) is 0 Å². The molecule has 0 unspecified atom stereocenters. The quantitative estimate of drug-likeness (QED) is 0.891. The van der Waals surface area contributed by atoms with Gasteiger partial charge in [0.25, 0.3) is 0 Å². The average molecular weight is 310 g/mol. The minimum Gasteiger partial charge on any atom is -0.348 e. The van der Waals surface area contributed by atoms with Gasteiger partial charge in [0, 0.05) is 38.2 Å². The fourth-order valence-corrected chi connectivity index (χ4v) is 3.87. The first kappa shape index (κ1) is 14.5. The molecule has 2 N–H and O–H groups in total. The lowest BCUT2D eigenvalue weighted by molar-refractivity contribution is -0.131. The highest BCUT2D eigenvalue weighted by atomic mass is 16.2. The van der Waals surface area contributed by atoms with E-state index in [1.54, 1.807) is 6.33 Å². The summed E-state index contributed by atoms with van der Waals surface area (Å²) in [6, 6.07) is 10.2. The summed E-state index contributed by atoms with van der Waals surface area (Å²) in [5.41, 5.74) is 3.40. The van der Waals surface area contributed by atoms with Crippen LogP contribution in [-0.2, 0) is 23.3 Å². The summed E-state index contributed by atoms with van der Waals surface area (Å²) in [7, 11) is 0. The number of H-pyrrole nitrogens is 1. The van der Waals surface area contributed by atoms with E-state index in [0.29, 0.717) is 13.0 Å². The van der Waals surface area contributed by atoms with Crippen molar-refractivity contribution in [2.24, 2.45) is 0 Å². The van der Waals surface area contributed by atoms with E-state index in [9.17, 15) is 4.79 Å². The number of imidazole rings is 1. The van der Waals surface area contributed by atoms with Crippen molar-refractivity contribution < 1.29 is 4.79 Å². The summed E-state index contributed by atoms with van der Waals surface area (Å²) in [4.78, 5) is 22.4. The third kappa shape index (κ3) is 2.65. The zero-order chi connectivity index (χ0) is 15.7. The predicted molar refractivity (Wildman–Crippen MR) is 87.7 cm³/mol. The fourth-order valence-electron chi connectivity index (χ4n) is 3.87. The van der Waals surface area contributed by atoms with Gasteiger partial charge >= 0.3 is 0 Å². The number of nitrogens with one attached hydrogen (secondary N) is 2. The van der Waals surface area contributed by atoms with Gasteiger partial charge in [-0.25, -0.2) is 4.98 Å². The smallest absolute Gasteiger partial charge is 0.222 e. The maximum absolute atomic E-state index is 12.6. The van der Waals surface area contributed by atoms with Crippen molar-refractivity contribution in [2.75, 3.05) is 13.1 Å². The molecule has 1 atom stereocenters. The molecule has 1 fully saturated rings. The fraction of sp³-hybridized carbons (Fsp3) is 0.444. The van der Waals surface area contributed by atoms with E-state index in [0.717, 1.165) is 38.0 Å². The highest BCUT2D eigenvalue weighted by Gasteiger charge is 2.41. The Kier molecular flexibility index (Phi) is 3.65. The van der Waals surface area contributed by atoms with E-state index < -0.39 is 0 Å². The van der Waals surface area contributed by atoms with Crippen LogP contribution in [0.5, 0.6) is 0 Å². The van der Waals surface area contributed by atoms with Crippen molar-refractivity contribution in [2.45, 2.75) is 37.8 Å². The highest BCUT2D eigenvalue weighted by Crippen LogP contribution is 2.36. The highest BCUT2D eigenvalue weighted by molar-refractivity contribution is 5.76. The van der Waals surface area contributed by atoms with E-state index in [4.69, 9.17) is 0 Å². The number of aromatic nitrogens is 2. The molecule has 1 aromatic heterocycles. The van der Waals surface area contributed by atoms with Gasteiger partial charge in [-0.2, -0.15) is 0 Å². The van der Waals surface area contributed by atoms with Crippen LogP contribution in [0.25, 0.3) is 0 Å². The molecule has 0 bridgehead atoms. The molecule has 1 saturated heterocycles. The molecule has 0 saturated carbocycles. The third-order valence-corrected chi connectivity index (χ3v) is 5.15. The summed E-state index contributed by atoms with van der Waals surface area (Å²) in [5, 5.41) is 3.66. The molecule has 1 amide bonds. The average Bonchev–Trinajstić information content (AvgIpc) is 3.02. The molecule has 0 radical (unpaired) electrons. The van der Waals surface area contributed by atoms with Gasteiger partial charge in [0.15, 0.2) is 0 Å². The zero-order valence-electron chi connectivity index (χ0n) is 13.2. The topological polar surface area (TPSA) is 61.0 Å². The summed E-state index contributed by atoms with van der Waals surface area (Å²) >= 11 is 0. The molecule has 5 heteroatoms. The van der Waals surface area contributed by atoms with E-state index in [1.807, 2.05) is 23.1 Å². The Morgan fingerprint density at radius 2 is 2.04 bits per heavy atom. The lowest BCUT2D eigenvalue weighted by Gasteiger charge is -2.36. The maximum Gasteiger partial charge on any atom is 0.222 e. The van der Waals surface area contributed by atoms with Gasteiger partial charge in [0.1, 0.15) is 0 Å². The first-order valence-corrected chi connectivity index (χ1v) is 8.36. The number of carbonyl (C=O) groups excluding carboxylic acids is 1. The van der Waals surface area contributed by atoms with Gasteiger partial charge < -0.3 is 15.2 Å². The molecule has 3 heterocycles. The number of nitrogens with zero attached hydrogens (tertiary/aromatic N) is 2. The second-order valence-electron chi connectivity index (χ2n) is 6.54. The minimum atomic E-state index is -0.144. The van der Waals surface area contributed by atoms with E-state index >= 15 is 0 Å². The minimum absolute atomic E-state index is 0.144. The SMILES string of the molecule is O=C1CC[C@@]2(CCN1Cc1ccccc1)NCCc1[nH]cnc12. The second-order valence-corrected chi connectivity index (χ2v) is 6.54. The van der Waals surface area contributed by atoms with E-state index in [1.165, 1.54) is 11.3 Å². The maximum atomic E-state index is 12.6. The summed E-state index contributed by atoms with van der Waals surface area (Å²) < 4.78 is 0. The first-order chi connectivity index (χ1) is 11.3. The van der Waals surface area contributed by atoms with Crippen LogP contribution in [0.1, 0.15) is 36.2 Å². The number of fused-ring (bicyclic) bond motifs is 2. The van der Waals surface area contributed by atoms with Crippen LogP contribution in [0.15, 0.2) is 36.7 Å². The molecule has 4 rings (SSSR count). The van der Waals surface area contributed by atoms with E-state index in [-0.39, 0.29) is 11.4 Å². The second kappa shape index (κ2) is 5.81. The van der Waals surface area contributed by atoms with Crippen molar-refractivity contribution in [1.82, 2.24) is 20.2 Å². The van der Waals surface area contributed by atoms with Gasteiger partial charge in [0.2, 0.25) is 5.91 Å². The molecule has 5 nitrogen and oxygen atoms in total. The number of amides is 1. The monoisotopic (exact) mass is 310 g/mol. The number of likely N-dealkylation sites (tertiary alicyclic amines) is 1. The Morgan fingerprint density at radius 3 is 2.91 bits per heavy atom. The molecule has 23 heavy (non-hydrogen) atoms. The Bertz CT molecular complexity index is 696. The number of benzene rings is 1. The predicted octanol–water partition coefficient (Wildman–Crippen LogP) is 1.96. The van der Waals surface area contributed by atoms with Crippen LogP contribution in [-0.4, -0.2) is 33.9 Å². The molecule has 2 aromatic rings. The zero-order valence-corrected chi connectivity index (χ0v) is 13.2. The molecular weight excluding hydrogens is 288 g/mol. The molecule has 120 valence electrons. The van der Waals surface area contributed by atoms with Crippen molar-refractivity contribution in [1.29, 1.82) is 0 Å². The lowest BCUT2D eigenvalue weighted by Crippen LogP contribution is -2.48. The Labute approximate surface area is 136 Å². The van der Waals surface area contributed by atoms with Crippen molar-refractivity contribution in [3.8, 4) is 0 Å². The molecule has 1 aromatic carbocycles. The number of rotatable bonds is 2. The summed E-state index contributed by atoms with van der Waals surface area (Å²) in [5.74, 6) is 0.246. The van der Waals surface area contributed by atoms with Crippen molar-refractivity contribution in [3.05, 3.63) is 53.6 Å². The van der Waals surface area contributed by atoms with Crippen LogP contribution in [0.3, 0.4) is 0 Å². The standard InChI is InChI=1S/C18H22N4O/c23-16-6-8-18(17-15(7-10-21-18)19-13-20-17)9-11-22(16)12-14-4-2-1-3-5-14/h1-5,13,21H,6-12H2,(H,19,20)/t18-/m0/s1. The Hall–Kier alpha value is -2.14. The summed E-state index contributed by atoms with van der Waals surface area (Å²) in [6.45, 7) is 2.41. The number of hydrogen-bond acceptors (Lipinski definition) is 3. The number of aromatic amines is 1. The van der Waals surface area contributed by atoms with Crippen LogP contribution < -0.4 is 5.32 Å². The van der Waals surface area contributed by atoms with Gasteiger partial charge in [-0.3, -0.25) is 4.79 Å². The van der Waals surface area contributed by atoms with Crippen LogP contribution in [0.2, 0.25) is 0 Å². The lowest BCUT2D eigenvalue weighted by atomic mass is 9.83. The van der Waals surface area contributed by atoms with Crippen molar-refractivity contribution >= 4 is 5.91 Å². The van der Waals surface area contributed by atoms with Gasteiger partial charge in [-0.1, -0.05) is 30.3 Å². The number of carbonyl (C=O) groups is 1. The number of hydrogen-bond donors (Lipinski definition) is 2. The third-order valence-electron chi connectivity index (χ3n) is 5.15.